The zero-order valence-electron chi connectivity index (χ0n) is 26.7. The highest BCUT2D eigenvalue weighted by Gasteiger charge is 2.48. The van der Waals surface area contributed by atoms with Crippen LogP contribution in [0.3, 0.4) is 0 Å². The summed E-state index contributed by atoms with van der Waals surface area (Å²) >= 11 is 0. The number of nitrogens with zero attached hydrogens (tertiary/aromatic N) is 1. The second kappa shape index (κ2) is 15.1. The quantitative estimate of drug-likeness (QED) is 0.347. The molecule has 2 aromatic carbocycles. The fourth-order valence-electron chi connectivity index (χ4n) is 5.31. The van der Waals surface area contributed by atoms with Crippen LogP contribution in [0.1, 0.15) is 58.6 Å². The Morgan fingerprint density at radius 2 is 1.61 bits per heavy atom. The summed E-state index contributed by atoms with van der Waals surface area (Å²) in [6.07, 6.45) is -0.434. The van der Waals surface area contributed by atoms with Gasteiger partial charge in [0.15, 0.2) is 0 Å². The van der Waals surface area contributed by atoms with Crippen molar-refractivity contribution in [3.05, 3.63) is 65.7 Å². The monoisotopic (exact) mass is 611 g/mol. The molecule has 0 aromatic heterocycles. The second-order valence-electron chi connectivity index (χ2n) is 12.1. The number of carbonyl (C=O) groups is 4. The van der Waals surface area contributed by atoms with Crippen molar-refractivity contribution in [3.63, 3.8) is 0 Å². The van der Waals surface area contributed by atoms with E-state index in [1.165, 1.54) is 12.0 Å². The van der Waals surface area contributed by atoms with Crippen LogP contribution in [0.2, 0.25) is 0 Å². The van der Waals surface area contributed by atoms with Crippen LogP contribution in [-0.2, 0) is 41.6 Å². The summed E-state index contributed by atoms with van der Waals surface area (Å²) in [6, 6.07) is 14.0. The van der Waals surface area contributed by atoms with E-state index in [0.29, 0.717) is 25.1 Å². The molecule has 0 aliphatic carbocycles. The van der Waals surface area contributed by atoms with E-state index in [4.69, 9.17) is 18.9 Å². The third kappa shape index (κ3) is 9.19. The summed E-state index contributed by atoms with van der Waals surface area (Å²) in [5, 5.41) is 5.48. The van der Waals surface area contributed by atoms with E-state index < -0.39 is 53.2 Å². The first-order chi connectivity index (χ1) is 20.8. The molecule has 240 valence electrons. The van der Waals surface area contributed by atoms with Gasteiger partial charge in [-0.15, -0.1) is 0 Å². The molecule has 4 atom stereocenters. The van der Waals surface area contributed by atoms with Crippen LogP contribution < -0.4 is 15.4 Å². The van der Waals surface area contributed by atoms with Gasteiger partial charge in [-0.2, -0.15) is 0 Å². The lowest BCUT2D eigenvalue weighted by Gasteiger charge is -2.36. The Balaban J connectivity index is 1.88. The van der Waals surface area contributed by atoms with E-state index in [1.807, 2.05) is 51.1 Å². The van der Waals surface area contributed by atoms with Gasteiger partial charge >= 0.3 is 12.1 Å². The fourth-order valence-corrected chi connectivity index (χ4v) is 5.31. The van der Waals surface area contributed by atoms with Gasteiger partial charge in [-0.1, -0.05) is 42.5 Å². The smallest absolute Gasteiger partial charge is 0.408 e. The van der Waals surface area contributed by atoms with Gasteiger partial charge < -0.3 is 34.5 Å². The molecule has 0 saturated carbocycles. The molecule has 3 rings (SSSR count). The first-order valence-corrected chi connectivity index (χ1v) is 14.8. The van der Waals surface area contributed by atoms with Crippen molar-refractivity contribution in [3.8, 4) is 5.75 Å². The Bertz CT molecular complexity index is 1280. The Morgan fingerprint density at radius 3 is 2.20 bits per heavy atom. The van der Waals surface area contributed by atoms with E-state index in [1.54, 1.807) is 45.2 Å². The van der Waals surface area contributed by atoms with E-state index in [0.717, 1.165) is 11.1 Å². The standard InChI is InChI=1S/C33H45N3O8/c1-22(44-32(2,3)4)27(35-31(40)43-21-24-12-9-8-10-13-24)28(37)34-26(20-23-14-16-25(41-6)17-15-23)29(38)36-19-11-18-33(36,5)30(39)42-7/h8-10,12-17,22,26-27H,11,18-21H2,1-7H3,(H,34,37)(H,35,40)/t22-,26+,27+,33+/m1/s1. The molecule has 2 N–H and O–H groups in total. The number of esters is 1. The van der Waals surface area contributed by atoms with Crippen molar-refractivity contribution in [1.82, 2.24) is 15.5 Å². The summed E-state index contributed by atoms with van der Waals surface area (Å²) in [6.45, 7) is 9.19. The minimum Gasteiger partial charge on any atom is -0.497 e. The Labute approximate surface area is 259 Å². The number of ether oxygens (including phenoxy) is 4. The van der Waals surface area contributed by atoms with Crippen molar-refractivity contribution in [2.24, 2.45) is 0 Å². The molecule has 3 amide bonds. The van der Waals surface area contributed by atoms with E-state index in [-0.39, 0.29) is 13.0 Å². The molecule has 0 radical (unpaired) electrons. The second-order valence-corrected chi connectivity index (χ2v) is 12.1. The third-order valence-corrected chi connectivity index (χ3v) is 7.52. The summed E-state index contributed by atoms with van der Waals surface area (Å²) in [7, 11) is 2.84. The minimum absolute atomic E-state index is 0.00910. The van der Waals surface area contributed by atoms with Crippen LogP contribution in [-0.4, -0.2) is 78.9 Å². The highest BCUT2D eigenvalue weighted by Crippen LogP contribution is 2.31. The maximum atomic E-state index is 14.1. The maximum Gasteiger partial charge on any atom is 0.408 e. The highest BCUT2D eigenvalue weighted by molar-refractivity contribution is 5.95. The average molecular weight is 612 g/mol. The summed E-state index contributed by atoms with van der Waals surface area (Å²) in [5.74, 6) is -0.950. The summed E-state index contributed by atoms with van der Waals surface area (Å²) < 4.78 is 21.7. The van der Waals surface area contributed by atoms with Gasteiger partial charge in [0, 0.05) is 13.0 Å². The van der Waals surface area contributed by atoms with Gasteiger partial charge in [0.2, 0.25) is 11.8 Å². The SMILES string of the molecule is COC(=O)[C@]1(C)CCCN1C(=O)[C@H](Cc1ccc(OC)cc1)NC(=O)[C@@H](NC(=O)OCc1ccccc1)[C@@H](C)OC(C)(C)C. The summed E-state index contributed by atoms with van der Waals surface area (Å²) in [4.78, 5) is 55.1. The van der Waals surface area contributed by atoms with Crippen molar-refractivity contribution in [2.45, 2.75) is 89.8 Å². The molecule has 1 aliphatic heterocycles. The normalized spacial score (nSPS) is 18.5. The first-order valence-electron chi connectivity index (χ1n) is 14.8. The Hall–Kier alpha value is -4.12. The topological polar surface area (TPSA) is 132 Å². The number of rotatable bonds is 12. The number of amides is 3. The molecular weight excluding hydrogens is 566 g/mol. The molecule has 0 bridgehead atoms. The molecule has 1 aliphatic rings. The third-order valence-electron chi connectivity index (χ3n) is 7.52. The predicted molar refractivity (Wildman–Crippen MR) is 164 cm³/mol. The molecular formula is C33H45N3O8. The van der Waals surface area contributed by atoms with Crippen LogP contribution in [0.25, 0.3) is 0 Å². The number of likely N-dealkylation sites (tertiary alicyclic amines) is 1. The number of benzene rings is 2. The number of carbonyl (C=O) groups excluding carboxylic acids is 4. The van der Waals surface area contributed by atoms with Crippen LogP contribution in [0.15, 0.2) is 54.6 Å². The van der Waals surface area contributed by atoms with Crippen LogP contribution in [0, 0.1) is 0 Å². The zero-order valence-corrected chi connectivity index (χ0v) is 26.7. The zero-order chi connectivity index (χ0) is 32.5. The largest absolute Gasteiger partial charge is 0.497 e. The lowest BCUT2D eigenvalue weighted by atomic mass is 9.97. The molecule has 1 heterocycles. The lowest BCUT2D eigenvalue weighted by Crippen LogP contribution is -2.61. The average Bonchev–Trinajstić information content (AvgIpc) is 3.40. The molecule has 1 saturated heterocycles. The molecule has 11 nitrogen and oxygen atoms in total. The lowest BCUT2D eigenvalue weighted by molar-refractivity contribution is -0.159. The molecule has 2 aromatic rings. The first kappa shape index (κ1) is 34.4. The Kier molecular flexibility index (Phi) is 11.8. The van der Waals surface area contributed by atoms with Gasteiger partial charge in [-0.05, 0) is 70.7 Å². The molecule has 0 unspecified atom stereocenters. The van der Waals surface area contributed by atoms with Crippen molar-refractivity contribution in [2.75, 3.05) is 20.8 Å². The van der Waals surface area contributed by atoms with Crippen LogP contribution >= 0.6 is 0 Å². The molecule has 44 heavy (non-hydrogen) atoms. The van der Waals surface area contributed by atoms with Gasteiger partial charge in [-0.25, -0.2) is 9.59 Å². The van der Waals surface area contributed by atoms with Crippen molar-refractivity contribution in [1.29, 1.82) is 0 Å². The minimum atomic E-state index is -1.20. The number of alkyl carbamates (subject to hydrolysis) is 1. The van der Waals surface area contributed by atoms with Gasteiger partial charge in [0.1, 0.15) is 30.0 Å². The van der Waals surface area contributed by atoms with Gasteiger partial charge in [0.05, 0.1) is 25.9 Å². The van der Waals surface area contributed by atoms with Crippen LogP contribution in [0.4, 0.5) is 4.79 Å². The van der Waals surface area contributed by atoms with Crippen molar-refractivity contribution < 1.29 is 38.1 Å². The highest BCUT2D eigenvalue weighted by atomic mass is 16.6. The molecule has 1 fully saturated rings. The molecule has 0 spiro atoms. The fraction of sp³-hybridized carbons (Fsp3) is 0.515. The number of nitrogens with one attached hydrogen (secondary N) is 2. The maximum absolute atomic E-state index is 14.1. The summed E-state index contributed by atoms with van der Waals surface area (Å²) in [5.41, 5.74) is -0.263. The number of methoxy groups -OCH3 is 2. The van der Waals surface area contributed by atoms with Gasteiger partial charge in [0.25, 0.3) is 0 Å². The van der Waals surface area contributed by atoms with Gasteiger partial charge in [-0.3, -0.25) is 9.59 Å². The number of hydrogen-bond donors (Lipinski definition) is 2. The predicted octanol–water partition coefficient (Wildman–Crippen LogP) is 3.78. The van der Waals surface area contributed by atoms with Crippen LogP contribution in [0.5, 0.6) is 5.75 Å². The van der Waals surface area contributed by atoms with E-state index in [2.05, 4.69) is 10.6 Å². The molecule has 11 heteroatoms. The van der Waals surface area contributed by atoms with Crippen molar-refractivity contribution >= 4 is 23.9 Å². The van der Waals surface area contributed by atoms with E-state index in [9.17, 15) is 19.2 Å². The van der Waals surface area contributed by atoms with E-state index >= 15 is 0 Å². The number of hydrogen-bond acceptors (Lipinski definition) is 8. The Morgan fingerprint density at radius 1 is 0.955 bits per heavy atom.